The summed E-state index contributed by atoms with van der Waals surface area (Å²) in [4.78, 5) is 13.6. The van der Waals surface area contributed by atoms with E-state index >= 15 is 0 Å². The second-order valence-corrected chi connectivity index (χ2v) is 4.40. The van der Waals surface area contributed by atoms with Crippen molar-refractivity contribution in [1.82, 2.24) is 4.90 Å². The minimum atomic E-state index is -0.158. The summed E-state index contributed by atoms with van der Waals surface area (Å²) < 4.78 is 0. The number of nitrogens with one attached hydrogen (secondary N) is 1. The molecule has 2 amide bonds. The maximum Gasteiger partial charge on any atom is 0.321 e. The van der Waals surface area contributed by atoms with E-state index in [2.05, 4.69) is 5.32 Å². The second-order valence-electron chi connectivity index (χ2n) is 4.40. The van der Waals surface area contributed by atoms with Crippen molar-refractivity contribution >= 4 is 17.4 Å². The van der Waals surface area contributed by atoms with Gasteiger partial charge in [0.1, 0.15) is 0 Å². The summed E-state index contributed by atoms with van der Waals surface area (Å²) in [6, 6.07) is 16.8. The summed E-state index contributed by atoms with van der Waals surface area (Å²) in [5, 5.41) is 2.81. The molecule has 3 N–H and O–H groups in total. The van der Waals surface area contributed by atoms with Crippen LogP contribution in [0.2, 0.25) is 0 Å². The third-order valence-corrected chi connectivity index (χ3v) is 2.75. The molecule has 0 aliphatic heterocycles. The fourth-order valence-corrected chi connectivity index (χ4v) is 1.76. The highest BCUT2D eigenvalue weighted by atomic mass is 16.2. The maximum atomic E-state index is 12.0. The Morgan fingerprint density at radius 3 is 2.58 bits per heavy atom. The highest BCUT2D eigenvalue weighted by Gasteiger charge is 2.09. The number of carbonyl (C=O) groups is 1. The molecule has 2 aromatic carbocycles. The van der Waals surface area contributed by atoms with Crippen LogP contribution in [0.25, 0.3) is 0 Å². The Kier molecular flexibility index (Phi) is 4.03. The molecule has 2 aromatic rings. The molecule has 0 spiro atoms. The van der Waals surface area contributed by atoms with E-state index in [0.717, 1.165) is 5.56 Å². The molecule has 4 heteroatoms. The second kappa shape index (κ2) is 5.91. The number of urea groups is 1. The van der Waals surface area contributed by atoms with Crippen LogP contribution in [0.1, 0.15) is 5.56 Å². The van der Waals surface area contributed by atoms with Crippen LogP contribution < -0.4 is 11.1 Å². The molecule has 0 aliphatic carbocycles. The molecule has 0 aromatic heterocycles. The zero-order valence-corrected chi connectivity index (χ0v) is 10.8. The molecule has 4 nitrogen and oxygen atoms in total. The zero-order chi connectivity index (χ0) is 13.7. The zero-order valence-electron chi connectivity index (χ0n) is 10.8. The number of nitrogens with zero attached hydrogens (tertiary/aromatic N) is 1. The lowest BCUT2D eigenvalue weighted by Gasteiger charge is -2.18. The van der Waals surface area contributed by atoms with Gasteiger partial charge < -0.3 is 16.0 Å². The fraction of sp³-hybridized carbons (Fsp3) is 0.133. The largest absolute Gasteiger partial charge is 0.399 e. The number of nitrogen functional groups attached to an aromatic ring is 1. The van der Waals surface area contributed by atoms with Crippen molar-refractivity contribution in [3.8, 4) is 0 Å². The van der Waals surface area contributed by atoms with Gasteiger partial charge in [0.25, 0.3) is 0 Å². The molecule has 0 saturated heterocycles. The standard InChI is InChI=1S/C15H17N3O/c1-18(11-12-6-3-2-4-7-12)15(19)17-14-9-5-8-13(16)10-14/h2-10H,11,16H2,1H3,(H,17,19). The van der Waals surface area contributed by atoms with E-state index in [1.807, 2.05) is 42.5 Å². The van der Waals surface area contributed by atoms with E-state index in [-0.39, 0.29) is 6.03 Å². The van der Waals surface area contributed by atoms with Crippen LogP contribution >= 0.6 is 0 Å². The minimum Gasteiger partial charge on any atom is -0.399 e. The molecule has 0 atom stereocenters. The highest BCUT2D eigenvalue weighted by Crippen LogP contribution is 2.12. The van der Waals surface area contributed by atoms with Crippen LogP contribution in [0.4, 0.5) is 16.2 Å². The molecule has 0 radical (unpaired) electrons. The van der Waals surface area contributed by atoms with Crippen molar-refractivity contribution in [3.05, 3.63) is 60.2 Å². The Morgan fingerprint density at radius 1 is 1.16 bits per heavy atom. The molecular weight excluding hydrogens is 238 g/mol. The quantitative estimate of drug-likeness (QED) is 0.828. The molecule has 98 valence electrons. The van der Waals surface area contributed by atoms with E-state index in [0.29, 0.717) is 17.9 Å². The fourth-order valence-electron chi connectivity index (χ4n) is 1.76. The summed E-state index contributed by atoms with van der Waals surface area (Å²) in [5.74, 6) is 0. The van der Waals surface area contributed by atoms with Crippen LogP contribution in [0.5, 0.6) is 0 Å². The molecule has 19 heavy (non-hydrogen) atoms. The first kappa shape index (κ1) is 13.0. The molecule has 0 aliphatic rings. The van der Waals surface area contributed by atoms with Gasteiger partial charge in [0.05, 0.1) is 0 Å². The van der Waals surface area contributed by atoms with Gasteiger partial charge in [-0.3, -0.25) is 0 Å². The van der Waals surface area contributed by atoms with Gasteiger partial charge in [-0.2, -0.15) is 0 Å². The lowest BCUT2D eigenvalue weighted by Crippen LogP contribution is -2.30. The Morgan fingerprint density at radius 2 is 1.89 bits per heavy atom. The monoisotopic (exact) mass is 255 g/mol. The molecule has 0 saturated carbocycles. The van der Waals surface area contributed by atoms with Crippen molar-refractivity contribution in [2.75, 3.05) is 18.1 Å². The van der Waals surface area contributed by atoms with Crippen molar-refractivity contribution in [2.24, 2.45) is 0 Å². The Labute approximate surface area is 112 Å². The van der Waals surface area contributed by atoms with Gasteiger partial charge in [-0.05, 0) is 23.8 Å². The average molecular weight is 255 g/mol. The van der Waals surface area contributed by atoms with Crippen LogP contribution in [0.15, 0.2) is 54.6 Å². The van der Waals surface area contributed by atoms with Crippen LogP contribution in [-0.2, 0) is 6.54 Å². The minimum absolute atomic E-state index is 0.158. The number of nitrogens with two attached hydrogens (primary N) is 1. The number of carbonyl (C=O) groups excluding carboxylic acids is 1. The summed E-state index contributed by atoms with van der Waals surface area (Å²) in [6.07, 6.45) is 0. The van der Waals surface area contributed by atoms with Crippen molar-refractivity contribution in [2.45, 2.75) is 6.54 Å². The van der Waals surface area contributed by atoms with E-state index < -0.39 is 0 Å². The number of rotatable bonds is 3. The smallest absolute Gasteiger partial charge is 0.321 e. The predicted molar refractivity (Wildman–Crippen MR) is 77.8 cm³/mol. The lowest BCUT2D eigenvalue weighted by atomic mass is 10.2. The lowest BCUT2D eigenvalue weighted by molar-refractivity contribution is 0.220. The summed E-state index contributed by atoms with van der Waals surface area (Å²) in [7, 11) is 1.76. The Bertz CT molecular complexity index is 554. The van der Waals surface area contributed by atoms with Crippen LogP contribution in [-0.4, -0.2) is 18.0 Å². The van der Waals surface area contributed by atoms with Gasteiger partial charge >= 0.3 is 6.03 Å². The Balaban J connectivity index is 1.96. The van der Waals surface area contributed by atoms with Gasteiger partial charge in [0.15, 0.2) is 0 Å². The first-order chi connectivity index (χ1) is 9.15. The summed E-state index contributed by atoms with van der Waals surface area (Å²) in [5.41, 5.74) is 8.09. The molecule has 0 bridgehead atoms. The highest BCUT2D eigenvalue weighted by molar-refractivity contribution is 5.89. The SMILES string of the molecule is CN(Cc1ccccc1)C(=O)Nc1cccc(N)c1. The molecule has 0 fully saturated rings. The van der Waals surface area contributed by atoms with E-state index in [1.54, 1.807) is 24.1 Å². The van der Waals surface area contributed by atoms with Gasteiger partial charge in [0.2, 0.25) is 0 Å². The third-order valence-electron chi connectivity index (χ3n) is 2.75. The van der Waals surface area contributed by atoms with Crippen molar-refractivity contribution < 1.29 is 4.79 Å². The molecular formula is C15H17N3O. The molecule has 0 heterocycles. The first-order valence-electron chi connectivity index (χ1n) is 6.07. The van der Waals surface area contributed by atoms with Gasteiger partial charge in [0, 0.05) is 25.0 Å². The topological polar surface area (TPSA) is 58.4 Å². The van der Waals surface area contributed by atoms with E-state index in [9.17, 15) is 4.79 Å². The van der Waals surface area contributed by atoms with Crippen molar-refractivity contribution in [3.63, 3.8) is 0 Å². The van der Waals surface area contributed by atoms with Crippen LogP contribution in [0.3, 0.4) is 0 Å². The average Bonchev–Trinajstić information content (AvgIpc) is 2.40. The van der Waals surface area contributed by atoms with Gasteiger partial charge in [-0.1, -0.05) is 36.4 Å². The number of hydrogen-bond donors (Lipinski definition) is 2. The summed E-state index contributed by atoms with van der Waals surface area (Å²) >= 11 is 0. The van der Waals surface area contributed by atoms with Crippen LogP contribution in [0, 0.1) is 0 Å². The van der Waals surface area contributed by atoms with Gasteiger partial charge in [-0.25, -0.2) is 4.79 Å². The molecule has 2 rings (SSSR count). The van der Waals surface area contributed by atoms with Crippen molar-refractivity contribution in [1.29, 1.82) is 0 Å². The first-order valence-corrected chi connectivity index (χ1v) is 6.07. The number of amides is 2. The normalized spacial score (nSPS) is 9.95. The van der Waals surface area contributed by atoms with E-state index in [1.165, 1.54) is 0 Å². The number of anilines is 2. The number of hydrogen-bond acceptors (Lipinski definition) is 2. The molecule has 0 unspecified atom stereocenters. The third kappa shape index (κ3) is 3.74. The predicted octanol–water partition coefficient (Wildman–Crippen LogP) is 2.93. The van der Waals surface area contributed by atoms with Gasteiger partial charge in [-0.15, -0.1) is 0 Å². The maximum absolute atomic E-state index is 12.0. The summed E-state index contributed by atoms with van der Waals surface area (Å²) in [6.45, 7) is 0.564. The Hall–Kier alpha value is -2.49. The number of benzene rings is 2. The van der Waals surface area contributed by atoms with E-state index in [4.69, 9.17) is 5.73 Å².